The molecule has 1 unspecified atom stereocenters. The Labute approximate surface area is 128 Å². The highest BCUT2D eigenvalue weighted by Crippen LogP contribution is 2.34. The predicted molar refractivity (Wildman–Crippen MR) is 86.6 cm³/mol. The van der Waals surface area contributed by atoms with Gasteiger partial charge < -0.3 is 10.3 Å². The first-order chi connectivity index (χ1) is 9.70. The van der Waals surface area contributed by atoms with Crippen molar-refractivity contribution in [3.8, 4) is 0 Å². The minimum absolute atomic E-state index is 0.0708. The van der Waals surface area contributed by atoms with Gasteiger partial charge in [-0.1, -0.05) is 35.2 Å². The molecule has 4 heteroatoms. The molecule has 0 amide bonds. The van der Waals surface area contributed by atoms with Crippen LogP contribution in [0.15, 0.2) is 22.7 Å². The highest BCUT2D eigenvalue weighted by atomic mass is 79.9. The highest BCUT2D eigenvalue weighted by molar-refractivity contribution is 9.10. The number of hydrogen-bond acceptors (Lipinski definition) is 2. The van der Waals surface area contributed by atoms with Crippen LogP contribution in [0.25, 0.3) is 11.0 Å². The highest BCUT2D eigenvalue weighted by Gasteiger charge is 2.26. The lowest BCUT2D eigenvalue weighted by atomic mass is 9.84. The molecule has 1 fully saturated rings. The number of benzene rings is 1. The fourth-order valence-corrected chi connectivity index (χ4v) is 3.76. The van der Waals surface area contributed by atoms with Crippen LogP contribution in [-0.2, 0) is 6.54 Å². The lowest BCUT2D eigenvalue weighted by Gasteiger charge is -2.27. The zero-order valence-electron chi connectivity index (χ0n) is 12.0. The Bertz CT molecular complexity index is 599. The average molecular weight is 336 g/mol. The monoisotopic (exact) mass is 335 g/mol. The Morgan fingerprint density at radius 3 is 2.80 bits per heavy atom. The van der Waals surface area contributed by atoms with E-state index in [0.29, 0.717) is 5.92 Å². The molecular formula is C16H22BrN3. The molecule has 108 valence electrons. The van der Waals surface area contributed by atoms with Gasteiger partial charge in [-0.2, -0.15) is 0 Å². The van der Waals surface area contributed by atoms with Crippen molar-refractivity contribution >= 4 is 27.0 Å². The van der Waals surface area contributed by atoms with Gasteiger partial charge in [-0.15, -0.1) is 0 Å². The third-order valence-electron chi connectivity index (χ3n) is 4.51. The normalized spacial score (nSPS) is 18.6. The molecule has 2 N–H and O–H groups in total. The molecule has 1 aromatic heterocycles. The smallest absolute Gasteiger partial charge is 0.127 e. The molecule has 0 aliphatic heterocycles. The second kappa shape index (κ2) is 5.86. The van der Waals surface area contributed by atoms with Gasteiger partial charge in [-0.25, -0.2) is 4.98 Å². The average Bonchev–Trinajstić information content (AvgIpc) is 2.84. The number of rotatable bonds is 3. The van der Waals surface area contributed by atoms with E-state index in [0.717, 1.165) is 22.4 Å². The first-order valence-electron chi connectivity index (χ1n) is 7.62. The summed E-state index contributed by atoms with van der Waals surface area (Å²) in [5, 5.41) is 0. The standard InChI is InChI=1S/C16H22BrN3/c1-2-20-14-9-8-12(17)10-13(14)19-16(20)15(18)11-6-4-3-5-7-11/h8-11,15H,2-7,18H2,1H3. The van der Waals surface area contributed by atoms with Gasteiger partial charge in [-0.3, -0.25) is 0 Å². The van der Waals surface area contributed by atoms with Gasteiger partial charge in [-0.05, 0) is 43.9 Å². The van der Waals surface area contributed by atoms with E-state index in [4.69, 9.17) is 10.7 Å². The van der Waals surface area contributed by atoms with Crippen molar-refractivity contribution in [1.82, 2.24) is 9.55 Å². The lowest BCUT2D eigenvalue weighted by molar-refractivity contribution is 0.297. The minimum Gasteiger partial charge on any atom is -0.327 e. The molecule has 0 bridgehead atoms. The Morgan fingerprint density at radius 1 is 1.35 bits per heavy atom. The Hall–Kier alpha value is -0.870. The van der Waals surface area contributed by atoms with Crippen LogP contribution in [0.4, 0.5) is 0 Å². The van der Waals surface area contributed by atoms with Gasteiger partial charge >= 0.3 is 0 Å². The van der Waals surface area contributed by atoms with Gasteiger partial charge in [0.2, 0.25) is 0 Å². The van der Waals surface area contributed by atoms with E-state index >= 15 is 0 Å². The summed E-state index contributed by atoms with van der Waals surface area (Å²) in [6.07, 6.45) is 6.49. The van der Waals surface area contributed by atoms with Crippen LogP contribution in [0.5, 0.6) is 0 Å². The molecule has 3 nitrogen and oxygen atoms in total. The van der Waals surface area contributed by atoms with Gasteiger partial charge in [0.05, 0.1) is 17.1 Å². The molecule has 1 aliphatic carbocycles. The Balaban J connectivity index is 2.01. The van der Waals surface area contributed by atoms with Gasteiger partial charge in [0, 0.05) is 11.0 Å². The zero-order chi connectivity index (χ0) is 14.1. The van der Waals surface area contributed by atoms with Crippen molar-refractivity contribution in [2.45, 2.75) is 51.6 Å². The molecule has 3 rings (SSSR count). The van der Waals surface area contributed by atoms with Crippen LogP contribution >= 0.6 is 15.9 Å². The lowest BCUT2D eigenvalue weighted by Crippen LogP contribution is -2.26. The maximum absolute atomic E-state index is 6.55. The fourth-order valence-electron chi connectivity index (χ4n) is 3.41. The van der Waals surface area contributed by atoms with Gasteiger partial charge in [0.1, 0.15) is 5.82 Å². The first-order valence-corrected chi connectivity index (χ1v) is 8.41. The maximum atomic E-state index is 6.55. The molecule has 20 heavy (non-hydrogen) atoms. The quantitative estimate of drug-likeness (QED) is 0.903. The molecule has 2 aromatic rings. The number of nitrogens with zero attached hydrogens (tertiary/aromatic N) is 2. The van der Waals surface area contributed by atoms with Gasteiger partial charge in [0.15, 0.2) is 0 Å². The number of halogens is 1. The van der Waals surface area contributed by atoms with Crippen LogP contribution in [0.3, 0.4) is 0 Å². The molecule has 0 saturated heterocycles. The van der Waals surface area contributed by atoms with E-state index in [-0.39, 0.29) is 6.04 Å². The second-order valence-corrected chi connectivity index (χ2v) is 6.69. The summed E-state index contributed by atoms with van der Waals surface area (Å²) in [7, 11) is 0. The first kappa shape index (κ1) is 14.1. The molecule has 0 radical (unpaired) electrons. The summed E-state index contributed by atoms with van der Waals surface area (Å²) >= 11 is 3.52. The largest absolute Gasteiger partial charge is 0.327 e. The SMILES string of the molecule is CCn1c(C(N)C2CCCCC2)nc2cc(Br)ccc21. The fraction of sp³-hybridized carbons (Fsp3) is 0.562. The number of hydrogen-bond donors (Lipinski definition) is 1. The van der Waals surface area contributed by atoms with Crippen LogP contribution in [0.2, 0.25) is 0 Å². The van der Waals surface area contributed by atoms with Crippen molar-refractivity contribution in [1.29, 1.82) is 0 Å². The van der Waals surface area contributed by atoms with Crippen molar-refractivity contribution < 1.29 is 0 Å². The van der Waals surface area contributed by atoms with Crippen LogP contribution in [0.1, 0.15) is 50.9 Å². The van der Waals surface area contributed by atoms with E-state index in [1.54, 1.807) is 0 Å². The van der Waals surface area contributed by atoms with Crippen LogP contribution in [0, 0.1) is 5.92 Å². The molecule has 0 spiro atoms. The summed E-state index contributed by atoms with van der Waals surface area (Å²) in [6.45, 7) is 3.09. The molecular weight excluding hydrogens is 314 g/mol. The molecule has 1 heterocycles. The molecule has 1 aliphatic rings. The van der Waals surface area contributed by atoms with E-state index in [2.05, 4.69) is 45.6 Å². The maximum Gasteiger partial charge on any atom is 0.127 e. The summed E-state index contributed by atoms with van der Waals surface area (Å²) in [6, 6.07) is 6.36. The summed E-state index contributed by atoms with van der Waals surface area (Å²) < 4.78 is 3.35. The molecule has 1 saturated carbocycles. The topological polar surface area (TPSA) is 43.8 Å². The van der Waals surface area contributed by atoms with E-state index < -0.39 is 0 Å². The Kier molecular flexibility index (Phi) is 4.13. The van der Waals surface area contributed by atoms with Crippen molar-refractivity contribution in [3.63, 3.8) is 0 Å². The summed E-state index contributed by atoms with van der Waals surface area (Å²) in [4.78, 5) is 4.83. The minimum atomic E-state index is 0.0708. The van der Waals surface area contributed by atoms with E-state index in [1.165, 1.54) is 37.6 Å². The molecule has 1 atom stereocenters. The van der Waals surface area contributed by atoms with E-state index in [1.807, 2.05) is 0 Å². The third kappa shape index (κ3) is 2.51. The zero-order valence-corrected chi connectivity index (χ0v) is 13.6. The Morgan fingerprint density at radius 2 is 2.10 bits per heavy atom. The second-order valence-electron chi connectivity index (χ2n) is 5.77. The summed E-state index contributed by atoms with van der Waals surface area (Å²) in [5.41, 5.74) is 8.79. The van der Waals surface area contributed by atoms with E-state index in [9.17, 15) is 0 Å². The number of aromatic nitrogens is 2. The number of aryl methyl sites for hydroxylation is 1. The van der Waals surface area contributed by atoms with Crippen molar-refractivity contribution in [2.24, 2.45) is 11.7 Å². The van der Waals surface area contributed by atoms with Crippen LogP contribution in [-0.4, -0.2) is 9.55 Å². The van der Waals surface area contributed by atoms with Gasteiger partial charge in [0.25, 0.3) is 0 Å². The number of imidazole rings is 1. The predicted octanol–water partition coefficient (Wildman–Crippen LogP) is 4.40. The molecule has 1 aromatic carbocycles. The number of fused-ring (bicyclic) bond motifs is 1. The third-order valence-corrected chi connectivity index (χ3v) is 5.01. The van der Waals surface area contributed by atoms with Crippen molar-refractivity contribution in [2.75, 3.05) is 0 Å². The van der Waals surface area contributed by atoms with Crippen LogP contribution < -0.4 is 5.73 Å². The summed E-state index contributed by atoms with van der Waals surface area (Å²) in [5.74, 6) is 1.65. The van der Waals surface area contributed by atoms with Crippen molar-refractivity contribution in [3.05, 3.63) is 28.5 Å². The number of nitrogens with two attached hydrogens (primary N) is 1.